The summed E-state index contributed by atoms with van der Waals surface area (Å²) in [6.45, 7) is -1.80. The third-order valence-electron chi connectivity index (χ3n) is 5.03. The number of fused-ring (bicyclic) bond motifs is 1. The van der Waals surface area contributed by atoms with Crippen molar-refractivity contribution in [1.29, 1.82) is 5.26 Å². The fourth-order valence-corrected chi connectivity index (χ4v) is 4.40. The summed E-state index contributed by atoms with van der Waals surface area (Å²) in [5, 5.41) is 18.5. The summed E-state index contributed by atoms with van der Waals surface area (Å²) in [6.07, 6.45) is 2.43. The summed E-state index contributed by atoms with van der Waals surface area (Å²) in [7, 11) is 0. The maximum atomic E-state index is 12.9. The van der Waals surface area contributed by atoms with Crippen LogP contribution in [0.1, 0.15) is 39.4 Å². The molecule has 34 heavy (non-hydrogen) atoms. The van der Waals surface area contributed by atoms with Crippen LogP contribution in [-0.2, 0) is 6.61 Å². The number of rotatable bonds is 8. The van der Waals surface area contributed by atoms with E-state index in [1.807, 2.05) is 0 Å². The number of nitrogens with two attached hydrogens (primary N) is 1. The number of nitriles is 1. The number of imidazole rings is 1. The second-order valence-electron chi connectivity index (χ2n) is 7.24. The van der Waals surface area contributed by atoms with Crippen LogP contribution in [0.3, 0.4) is 0 Å². The highest BCUT2D eigenvalue weighted by molar-refractivity contribution is 7.17. The van der Waals surface area contributed by atoms with Gasteiger partial charge in [0.15, 0.2) is 0 Å². The third-order valence-corrected chi connectivity index (χ3v) is 6.18. The van der Waals surface area contributed by atoms with Crippen molar-refractivity contribution in [3.63, 3.8) is 0 Å². The van der Waals surface area contributed by atoms with Crippen LogP contribution in [0.4, 0.5) is 8.78 Å². The van der Waals surface area contributed by atoms with Crippen LogP contribution in [0.25, 0.3) is 16.2 Å². The van der Waals surface area contributed by atoms with Crippen molar-refractivity contribution in [2.45, 2.75) is 26.2 Å². The molecule has 8 nitrogen and oxygen atoms in total. The van der Waals surface area contributed by atoms with E-state index in [4.69, 9.17) is 10.5 Å². The monoisotopic (exact) mass is 484 g/mol. The first-order valence-electron chi connectivity index (χ1n) is 9.97. The molecule has 0 aliphatic heterocycles. The molecular formula is C23H18F2N4O4S. The molecule has 1 unspecified atom stereocenters. The van der Waals surface area contributed by atoms with Gasteiger partial charge in [-0.3, -0.25) is 9.20 Å². The van der Waals surface area contributed by atoms with Crippen molar-refractivity contribution in [3.8, 4) is 28.1 Å². The quantitative estimate of drug-likeness (QED) is 0.385. The van der Waals surface area contributed by atoms with E-state index in [0.717, 1.165) is 11.3 Å². The lowest BCUT2D eigenvalue weighted by atomic mass is 10.1. The van der Waals surface area contributed by atoms with Crippen LogP contribution in [0.5, 0.6) is 11.5 Å². The third kappa shape index (κ3) is 4.54. The Labute approximate surface area is 196 Å². The minimum atomic E-state index is -3.07. The zero-order chi connectivity index (χ0) is 24.4. The Morgan fingerprint density at radius 3 is 2.74 bits per heavy atom. The molecule has 0 aliphatic rings. The Balaban J connectivity index is 1.72. The molecule has 3 heterocycles. The van der Waals surface area contributed by atoms with Crippen LogP contribution >= 0.6 is 11.3 Å². The van der Waals surface area contributed by atoms with Gasteiger partial charge in [0.05, 0.1) is 28.9 Å². The van der Waals surface area contributed by atoms with E-state index in [1.54, 1.807) is 48.0 Å². The molecule has 0 saturated carbocycles. The number of hydrogen-bond donors (Lipinski definition) is 2. The second kappa shape index (κ2) is 9.46. The fourth-order valence-electron chi connectivity index (χ4n) is 3.45. The molecule has 1 aromatic carbocycles. The van der Waals surface area contributed by atoms with Gasteiger partial charge in [0.1, 0.15) is 34.2 Å². The molecule has 3 N–H and O–H groups in total. The van der Waals surface area contributed by atoms with Gasteiger partial charge in [-0.2, -0.15) is 14.0 Å². The minimum Gasteiger partial charge on any atom is -0.484 e. The lowest BCUT2D eigenvalue weighted by Crippen LogP contribution is -2.13. The lowest BCUT2D eigenvalue weighted by Gasteiger charge is -2.19. The standard InChI is InChI=1S/C23H18F2N4O4S/c1-12(15-4-2-13(11-30)6-17(15)33-23(24)25)32-18-7-19(34-21(18)22(27)31)16-9-28-20-5-3-14(8-26)10-29(16)20/h2-7,9-10,12,23,30H,11H2,1H3,(H2,27,31). The first kappa shape index (κ1) is 23.2. The number of aliphatic hydroxyl groups excluding tert-OH is 1. The van der Waals surface area contributed by atoms with Crippen LogP contribution in [0.15, 0.2) is 48.8 Å². The molecule has 0 fully saturated rings. The van der Waals surface area contributed by atoms with Gasteiger partial charge < -0.3 is 20.3 Å². The highest BCUT2D eigenvalue weighted by Crippen LogP contribution is 2.39. The molecule has 11 heteroatoms. The Morgan fingerprint density at radius 1 is 1.26 bits per heavy atom. The molecule has 0 bridgehead atoms. The summed E-state index contributed by atoms with van der Waals surface area (Å²) in [5.41, 5.74) is 7.92. The number of carbonyl (C=O) groups excluding carboxylic acids is 1. The number of alkyl halides is 2. The molecule has 4 aromatic rings. The number of carbonyl (C=O) groups is 1. The SMILES string of the molecule is CC(Oc1cc(-c2cnc3ccc(C#N)cn23)sc1C(N)=O)c1ccc(CO)cc1OC(F)F. The summed E-state index contributed by atoms with van der Waals surface area (Å²) in [6, 6.07) is 11.4. The number of aromatic nitrogens is 2. The number of amides is 1. The first-order valence-corrected chi connectivity index (χ1v) is 10.8. The van der Waals surface area contributed by atoms with Gasteiger partial charge in [0, 0.05) is 17.8 Å². The van der Waals surface area contributed by atoms with E-state index in [1.165, 1.54) is 12.1 Å². The van der Waals surface area contributed by atoms with Crippen LogP contribution in [-0.4, -0.2) is 27.0 Å². The van der Waals surface area contributed by atoms with E-state index in [9.17, 15) is 23.9 Å². The van der Waals surface area contributed by atoms with Crippen LogP contribution in [0.2, 0.25) is 0 Å². The van der Waals surface area contributed by atoms with Crippen LogP contribution in [0, 0.1) is 11.3 Å². The van der Waals surface area contributed by atoms with E-state index >= 15 is 0 Å². The predicted octanol–water partition coefficient (Wildman–Crippen LogP) is 4.27. The van der Waals surface area contributed by atoms with Gasteiger partial charge in [-0.25, -0.2) is 4.98 Å². The normalized spacial score (nSPS) is 12.0. The average molecular weight is 484 g/mol. The number of nitrogens with zero attached hydrogens (tertiary/aromatic N) is 3. The van der Waals surface area contributed by atoms with Gasteiger partial charge in [-0.15, -0.1) is 11.3 Å². The number of pyridine rings is 1. The number of thiophene rings is 1. The van der Waals surface area contributed by atoms with Crippen molar-refractivity contribution < 1.29 is 28.2 Å². The molecule has 0 aliphatic carbocycles. The highest BCUT2D eigenvalue weighted by Gasteiger charge is 2.23. The van der Waals surface area contributed by atoms with Gasteiger partial charge in [-0.05, 0) is 30.7 Å². The Morgan fingerprint density at radius 2 is 2.06 bits per heavy atom. The summed E-state index contributed by atoms with van der Waals surface area (Å²) in [4.78, 5) is 17.2. The fraction of sp³-hybridized carbons (Fsp3) is 0.174. The molecule has 0 radical (unpaired) electrons. The van der Waals surface area contributed by atoms with Crippen molar-refractivity contribution in [3.05, 3.63) is 70.4 Å². The largest absolute Gasteiger partial charge is 0.484 e. The van der Waals surface area contributed by atoms with E-state index < -0.39 is 18.6 Å². The topological polar surface area (TPSA) is 123 Å². The molecule has 3 aromatic heterocycles. The van der Waals surface area contributed by atoms with Crippen molar-refractivity contribution in [1.82, 2.24) is 9.38 Å². The predicted molar refractivity (Wildman–Crippen MR) is 120 cm³/mol. The summed E-state index contributed by atoms with van der Waals surface area (Å²) < 4.78 is 38.1. The Hall–Kier alpha value is -4.01. The Kier molecular flexibility index (Phi) is 6.45. The number of halogens is 2. The molecule has 174 valence electrons. The van der Waals surface area contributed by atoms with E-state index in [2.05, 4.69) is 15.8 Å². The molecule has 1 amide bonds. The van der Waals surface area contributed by atoms with Crippen molar-refractivity contribution in [2.75, 3.05) is 0 Å². The van der Waals surface area contributed by atoms with Crippen molar-refractivity contribution >= 4 is 22.9 Å². The second-order valence-corrected chi connectivity index (χ2v) is 8.29. The van der Waals surface area contributed by atoms with Crippen molar-refractivity contribution in [2.24, 2.45) is 5.73 Å². The summed E-state index contributed by atoms with van der Waals surface area (Å²) in [5.74, 6) is -0.693. The number of primary amides is 1. The maximum Gasteiger partial charge on any atom is 0.387 e. The van der Waals surface area contributed by atoms with Crippen LogP contribution < -0.4 is 15.2 Å². The molecular weight excluding hydrogens is 466 g/mol. The maximum absolute atomic E-state index is 12.9. The molecule has 0 spiro atoms. The number of hydrogen-bond acceptors (Lipinski definition) is 7. The van der Waals surface area contributed by atoms with Gasteiger partial charge in [0.25, 0.3) is 5.91 Å². The number of benzene rings is 1. The average Bonchev–Trinajstić information content (AvgIpc) is 3.42. The smallest absolute Gasteiger partial charge is 0.387 e. The van der Waals surface area contributed by atoms with E-state index in [-0.39, 0.29) is 23.0 Å². The molecule has 1 atom stereocenters. The zero-order valence-corrected chi connectivity index (χ0v) is 18.6. The summed E-state index contributed by atoms with van der Waals surface area (Å²) >= 11 is 1.08. The first-order chi connectivity index (χ1) is 16.3. The molecule has 4 rings (SSSR count). The van der Waals surface area contributed by atoms with Gasteiger partial charge in [-0.1, -0.05) is 12.1 Å². The molecule has 0 saturated heterocycles. The van der Waals surface area contributed by atoms with E-state index in [0.29, 0.717) is 32.9 Å². The minimum absolute atomic E-state index is 0.136. The highest BCUT2D eigenvalue weighted by atomic mass is 32.1. The number of aliphatic hydroxyl groups is 1. The van der Waals surface area contributed by atoms with Gasteiger partial charge >= 0.3 is 6.61 Å². The lowest BCUT2D eigenvalue weighted by molar-refractivity contribution is -0.0513. The Bertz CT molecular complexity index is 1410. The van der Waals surface area contributed by atoms with Gasteiger partial charge in [0.2, 0.25) is 0 Å². The zero-order valence-electron chi connectivity index (χ0n) is 17.7. The number of ether oxygens (including phenoxy) is 2.